The van der Waals surface area contributed by atoms with Gasteiger partial charge in [-0.2, -0.15) is 0 Å². The maximum absolute atomic E-state index is 12.0. The number of halogens is 9. The van der Waals surface area contributed by atoms with E-state index in [-0.39, 0.29) is 12.1 Å². The molecule has 0 spiro atoms. The fourth-order valence-corrected chi connectivity index (χ4v) is 1.15. The lowest BCUT2D eigenvalue weighted by molar-refractivity contribution is -0.288. The zero-order valence-corrected chi connectivity index (χ0v) is 9.73. The smallest absolute Gasteiger partial charge is 0.504 e. The van der Waals surface area contributed by atoms with Crippen molar-refractivity contribution in [3.63, 3.8) is 0 Å². The highest BCUT2D eigenvalue weighted by molar-refractivity contribution is 5.53. The predicted molar refractivity (Wildman–Crippen MR) is 48.2 cm³/mol. The third kappa shape index (κ3) is 6.05. The average molecular weight is 346 g/mol. The van der Waals surface area contributed by atoms with Crippen LogP contribution in [0.25, 0.3) is 0 Å². The maximum Gasteiger partial charge on any atom is 0.573 e. The summed E-state index contributed by atoms with van der Waals surface area (Å²) in [7, 11) is 0. The van der Waals surface area contributed by atoms with Gasteiger partial charge < -0.3 is 19.3 Å². The van der Waals surface area contributed by atoms with Gasteiger partial charge in [0.15, 0.2) is 23.0 Å². The van der Waals surface area contributed by atoms with Crippen LogP contribution in [0.1, 0.15) is 0 Å². The predicted octanol–water partition coefficient (Wildman–Crippen LogP) is 4.09. The summed E-state index contributed by atoms with van der Waals surface area (Å²) in [5.74, 6) is -6.66. The summed E-state index contributed by atoms with van der Waals surface area (Å²) in [6.07, 6.45) is -16.4. The van der Waals surface area contributed by atoms with Gasteiger partial charge in [-0.25, -0.2) is 0 Å². The van der Waals surface area contributed by atoms with Crippen molar-refractivity contribution in [2.45, 2.75) is 19.1 Å². The molecule has 0 aromatic heterocycles. The summed E-state index contributed by atoms with van der Waals surface area (Å²) < 4.78 is 117. The highest BCUT2D eigenvalue weighted by atomic mass is 19.4. The van der Waals surface area contributed by atoms with Crippen molar-refractivity contribution < 1.29 is 58.8 Å². The molecule has 1 N–H and O–H groups in total. The molecule has 0 aliphatic rings. The van der Waals surface area contributed by atoms with Crippen LogP contribution >= 0.6 is 0 Å². The molecular formula is C9H3F9O4. The molecule has 0 radical (unpaired) electrons. The minimum Gasteiger partial charge on any atom is -0.504 e. The molecule has 0 aliphatic carbocycles. The molecule has 0 unspecified atom stereocenters. The number of benzene rings is 1. The minimum atomic E-state index is -5.53. The summed E-state index contributed by atoms with van der Waals surface area (Å²) in [6.45, 7) is 0. The Kier molecular flexibility index (Phi) is 4.49. The van der Waals surface area contributed by atoms with Crippen molar-refractivity contribution in [3.8, 4) is 23.0 Å². The molecular weight excluding hydrogens is 343 g/mol. The van der Waals surface area contributed by atoms with Gasteiger partial charge in [0, 0.05) is 12.1 Å². The van der Waals surface area contributed by atoms with E-state index in [1.807, 2.05) is 0 Å². The molecule has 0 aliphatic heterocycles. The second-order valence-corrected chi connectivity index (χ2v) is 3.41. The van der Waals surface area contributed by atoms with Crippen LogP contribution in [0.3, 0.4) is 0 Å². The Hall–Kier alpha value is -2.21. The van der Waals surface area contributed by atoms with E-state index in [2.05, 4.69) is 14.2 Å². The Morgan fingerprint density at radius 2 is 0.909 bits per heavy atom. The topological polar surface area (TPSA) is 47.9 Å². The summed E-state index contributed by atoms with van der Waals surface area (Å²) in [5.41, 5.74) is 0. The van der Waals surface area contributed by atoms with Gasteiger partial charge in [0.25, 0.3) is 0 Å². The van der Waals surface area contributed by atoms with Crippen LogP contribution in [-0.2, 0) is 0 Å². The number of phenolic OH excluding ortho intramolecular Hbond substituents is 1. The molecule has 1 rings (SSSR count). The third-order valence-electron chi connectivity index (χ3n) is 1.70. The monoisotopic (exact) mass is 346 g/mol. The Morgan fingerprint density at radius 1 is 0.591 bits per heavy atom. The minimum absolute atomic E-state index is 0.171. The number of hydrogen-bond donors (Lipinski definition) is 1. The van der Waals surface area contributed by atoms with Crippen molar-refractivity contribution in [1.82, 2.24) is 0 Å². The molecule has 0 amide bonds. The van der Waals surface area contributed by atoms with Gasteiger partial charge in [-0.15, -0.1) is 39.5 Å². The van der Waals surface area contributed by atoms with E-state index >= 15 is 0 Å². The number of alkyl halides is 9. The first-order valence-electron chi connectivity index (χ1n) is 4.80. The van der Waals surface area contributed by atoms with Gasteiger partial charge in [0.05, 0.1) is 0 Å². The Labute approximate surface area is 114 Å². The van der Waals surface area contributed by atoms with E-state index in [1.165, 1.54) is 0 Å². The van der Waals surface area contributed by atoms with E-state index < -0.39 is 42.1 Å². The van der Waals surface area contributed by atoms with E-state index in [0.717, 1.165) is 0 Å². The average Bonchev–Trinajstić information content (AvgIpc) is 2.18. The molecule has 4 nitrogen and oxygen atoms in total. The van der Waals surface area contributed by atoms with Gasteiger partial charge in [0.1, 0.15) is 0 Å². The van der Waals surface area contributed by atoms with Gasteiger partial charge in [-0.1, -0.05) is 0 Å². The summed E-state index contributed by atoms with van der Waals surface area (Å²) in [4.78, 5) is 0. The zero-order chi connectivity index (χ0) is 17.3. The van der Waals surface area contributed by atoms with Crippen LogP contribution < -0.4 is 14.2 Å². The Balaban J connectivity index is 3.29. The van der Waals surface area contributed by atoms with Gasteiger partial charge in [0.2, 0.25) is 0 Å². The van der Waals surface area contributed by atoms with Gasteiger partial charge in [-0.3, -0.25) is 0 Å². The second kappa shape index (κ2) is 5.53. The van der Waals surface area contributed by atoms with E-state index in [4.69, 9.17) is 5.11 Å². The molecule has 0 atom stereocenters. The fourth-order valence-electron chi connectivity index (χ4n) is 1.15. The summed E-state index contributed by atoms with van der Waals surface area (Å²) >= 11 is 0. The molecule has 126 valence electrons. The maximum atomic E-state index is 12.0. The molecule has 0 bridgehead atoms. The first-order valence-corrected chi connectivity index (χ1v) is 4.80. The number of aromatic hydroxyl groups is 1. The summed E-state index contributed by atoms with van der Waals surface area (Å²) in [6, 6.07) is -0.424. The van der Waals surface area contributed by atoms with Crippen LogP contribution in [0.2, 0.25) is 0 Å². The lowest BCUT2D eigenvalue weighted by Gasteiger charge is -2.17. The van der Waals surface area contributed by atoms with Gasteiger partial charge >= 0.3 is 19.1 Å². The van der Waals surface area contributed by atoms with Gasteiger partial charge in [-0.05, 0) is 0 Å². The van der Waals surface area contributed by atoms with Crippen molar-refractivity contribution in [1.29, 1.82) is 0 Å². The van der Waals surface area contributed by atoms with E-state index in [1.54, 1.807) is 0 Å². The second-order valence-electron chi connectivity index (χ2n) is 3.41. The highest BCUT2D eigenvalue weighted by Crippen LogP contribution is 2.44. The van der Waals surface area contributed by atoms with Crippen LogP contribution in [0.4, 0.5) is 39.5 Å². The molecule has 0 saturated carbocycles. The first-order chi connectivity index (χ1) is 9.66. The number of hydrogen-bond acceptors (Lipinski definition) is 4. The molecule has 0 saturated heterocycles. The molecule has 13 heteroatoms. The zero-order valence-electron chi connectivity index (χ0n) is 9.73. The number of phenols is 1. The SMILES string of the molecule is Oc1cc(OC(F)(F)F)c(OC(F)(F)F)cc1OC(F)(F)F. The van der Waals surface area contributed by atoms with Crippen LogP contribution in [0, 0.1) is 0 Å². The van der Waals surface area contributed by atoms with Crippen LogP contribution in [0.15, 0.2) is 12.1 Å². The summed E-state index contributed by atoms with van der Waals surface area (Å²) in [5, 5.41) is 9.07. The Morgan fingerprint density at radius 3 is 1.27 bits per heavy atom. The highest BCUT2D eigenvalue weighted by Gasteiger charge is 2.39. The number of rotatable bonds is 3. The van der Waals surface area contributed by atoms with E-state index in [9.17, 15) is 39.5 Å². The quantitative estimate of drug-likeness (QED) is 0.838. The normalized spacial score (nSPS) is 13.0. The fraction of sp³-hybridized carbons (Fsp3) is 0.333. The molecule has 22 heavy (non-hydrogen) atoms. The standard InChI is InChI=1S/C9H3F9O4/c10-7(11,12)20-4-2-6(22-9(16,17)18)5(1-3(4)19)21-8(13,14)15/h1-2,19H. The van der Waals surface area contributed by atoms with Crippen molar-refractivity contribution >= 4 is 0 Å². The molecule has 1 aromatic carbocycles. The molecule has 0 heterocycles. The van der Waals surface area contributed by atoms with E-state index in [0.29, 0.717) is 0 Å². The first kappa shape index (κ1) is 17.8. The number of ether oxygens (including phenoxy) is 3. The Bertz CT molecular complexity index is 532. The van der Waals surface area contributed by atoms with Crippen molar-refractivity contribution in [2.75, 3.05) is 0 Å². The van der Waals surface area contributed by atoms with Crippen molar-refractivity contribution in [3.05, 3.63) is 12.1 Å². The lowest BCUT2D eigenvalue weighted by Crippen LogP contribution is -2.22. The molecule has 1 aromatic rings. The van der Waals surface area contributed by atoms with Crippen LogP contribution in [-0.4, -0.2) is 24.2 Å². The largest absolute Gasteiger partial charge is 0.573 e. The van der Waals surface area contributed by atoms with Crippen molar-refractivity contribution in [2.24, 2.45) is 0 Å². The molecule has 0 fully saturated rings. The third-order valence-corrected chi connectivity index (χ3v) is 1.70. The van der Waals surface area contributed by atoms with Crippen LogP contribution in [0.5, 0.6) is 23.0 Å². The lowest BCUT2D eigenvalue weighted by atomic mass is 10.2.